The fourth-order valence-electron chi connectivity index (χ4n) is 2.96. The first-order chi connectivity index (χ1) is 14.7. The summed E-state index contributed by atoms with van der Waals surface area (Å²) in [6.45, 7) is 1.07. The predicted octanol–water partition coefficient (Wildman–Crippen LogP) is 4.58. The normalized spacial score (nSPS) is 12.8. The van der Waals surface area contributed by atoms with Crippen LogP contribution in [0, 0.1) is 11.3 Å². The number of methoxy groups -OCH3 is 2. The van der Waals surface area contributed by atoms with Gasteiger partial charge < -0.3 is 24.3 Å². The van der Waals surface area contributed by atoms with Crippen molar-refractivity contribution in [3.8, 4) is 40.3 Å². The van der Waals surface area contributed by atoms with Gasteiger partial charge in [-0.1, -0.05) is 0 Å². The predicted molar refractivity (Wildman–Crippen MR) is 115 cm³/mol. The van der Waals surface area contributed by atoms with Crippen molar-refractivity contribution in [2.75, 3.05) is 32.8 Å². The summed E-state index contributed by atoms with van der Waals surface area (Å²) in [6, 6.07) is 13.4. The van der Waals surface area contributed by atoms with Gasteiger partial charge >= 0.3 is 0 Å². The van der Waals surface area contributed by atoms with Crippen LogP contribution < -0.4 is 24.3 Å². The molecule has 3 aromatic rings. The molecule has 30 heavy (non-hydrogen) atoms. The smallest absolute Gasteiger partial charge is 0.163 e. The number of hydrogen-bond acceptors (Lipinski definition) is 8. The zero-order chi connectivity index (χ0) is 20.9. The third-order valence-electron chi connectivity index (χ3n) is 4.46. The highest BCUT2D eigenvalue weighted by Gasteiger charge is 2.13. The summed E-state index contributed by atoms with van der Waals surface area (Å²) in [5, 5.41) is 15.3. The van der Waals surface area contributed by atoms with Gasteiger partial charge in [0, 0.05) is 28.9 Å². The maximum atomic E-state index is 9.61. The lowest BCUT2D eigenvalue weighted by Crippen LogP contribution is -2.15. The van der Waals surface area contributed by atoms with Crippen LogP contribution in [0.1, 0.15) is 5.01 Å². The molecule has 2 aromatic carbocycles. The maximum absolute atomic E-state index is 9.61. The van der Waals surface area contributed by atoms with Gasteiger partial charge in [0.2, 0.25) is 0 Å². The zero-order valence-electron chi connectivity index (χ0n) is 16.5. The minimum Gasteiger partial charge on any atom is -0.493 e. The van der Waals surface area contributed by atoms with E-state index in [4.69, 9.17) is 18.9 Å². The fraction of sp³-hybridized carbons (Fsp3) is 0.182. The Labute approximate surface area is 178 Å². The van der Waals surface area contributed by atoms with Crippen molar-refractivity contribution in [1.82, 2.24) is 4.98 Å². The zero-order valence-corrected chi connectivity index (χ0v) is 17.3. The summed E-state index contributed by atoms with van der Waals surface area (Å²) in [5.74, 6) is 2.68. The number of aromatic nitrogens is 1. The molecular formula is C22H19N3O4S. The van der Waals surface area contributed by atoms with Gasteiger partial charge in [0.05, 0.1) is 19.9 Å². The van der Waals surface area contributed by atoms with Crippen LogP contribution in [0.4, 0.5) is 5.69 Å². The molecule has 7 nitrogen and oxygen atoms in total. The Morgan fingerprint density at radius 2 is 1.90 bits per heavy atom. The second kappa shape index (κ2) is 8.76. The Kier molecular flexibility index (Phi) is 5.72. The Morgan fingerprint density at radius 3 is 2.67 bits per heavy atom. The molecule has 0 atom stereocenters. The van der Waals surface area contributed by atoms with E-state index in [0.29, 0.717) is 41.0 Å². The van der Waals surface area contributed by atoms with Crippen LogP contribution in [0.2, 0.25) is 0 Å². The van der Waals surface area contributed by atoms with E-state index in [9.17, 15) is 5.26 Å². The van der Waals surface area contributed by atoms with Crippen molar-refractivity contribution in [3.63, 3.8) is 0 Å². The summed E-state index contributed by atoms with van der Waals surface area (Å²) in [4.78, 5) is 4.61. The van der Waals surface area contributed by atoms with E-state index in [2.05, 4.69) is 16.4 Å². The Hall–Kier alpha value is -3.70. The highest BCUT2D eigenvalue weighted by atomic mass is 32.1. The number of nitrogens with zero attached hydrogens (tertiary/aromatic N) is 2. The molecule has 0 unspecified atom stereocenters. The quantitative estimate of drug-likeness (QED) is 0.583. The van der Waals surface area contributed by atoms with Gasteiger partial charge in [0.1, 0.15) is 29.9 Å². The van der Waals surface area contributed by atoms with Crippen LogP contribution in [0.3, 0.4) is 0 Å². The number of fused-ring (bicyclic) bond motifs is 1. The van der Waals surface area contributed by atoms with Crippen LogP contribution in [-0.4, -0.2) is 32.4 Å². The minimum absolute atomic E-state index is 0.432. The third-order valence-corrected chi connectivity index (χ3v) is 5.34. The van der Waals surface area contributed by atoms with Crippen LogP contribution in [-0.2, 0) is 0 Å². The molecule has 1 aliphatic rings. The molecule has 152 valence electrons. The summed E-state index contributed by atoms with van der Waals surface area (Å²) in [7, 11) is 3.19. The van der Waals surface area contributed by atoms with Crippen molar-refractivity contribution in [2.45, 2.75) is 0 Å². The van der Waals surface area contributed by atoms with Crippen LogP contribution in [0.25, 0.3) is 16.8 Å². The molecule has 2 heterocycles. The second-order valence-corrected chi connectivity index (χ2v) is 7.14. The average molecular weight is 421 g/mol. The van der Waals surface area contributed by atoms with E-state index in [0.717, 1.165) is 22.7 Å². The molecule has 0 aliphatic carbocycles. The van der Waals surface area contributed by atoms with Crippen LogP contribution in [0.15, 0.2) is 48.0 Å². The molecule has 0 fully saturated rings. The number of thiazole rings is 1. The Bertz CT molecular complexity index is 1130. The van der Waals surface area contributed by atoms with Crippen molar-refractivity contribution in [2.24, 2.45) is 0 Å². The van der Waals surface area contributed by atoms with Gasteiger partial charge in [0.25, 0.3) is 0 Å². The Balaban J connectivity index is 1.55. The molecule has 4 rings (SSSR count). The summed E-state index contributed by atoms with van der Waals surface area (Å²) in [6.07, 6.45) is 1.64. The maximum Gasteiger partial charge on any atom is 0.163 e. The van der Waals surface area contributed by atoms with Gasteiger partial charge in [-0.15, -0.1) is 11.3 Å². The molecule has 1 N–H and O–H groups in total. The number of anilines is 1. The van der Waals surface area contributed by atoms with E-state index >= 15 is 0 Å². The number of nitriles is 1. The lowest BCUT2D eigenvalue weighted by molar-refractivity contribution is 0.171. The number of rotatable bonds is 6. The lowest BCUT2D eigenvalue weighted by atomic mass is 10.1. The first-order valence-electron chi connectivity index (χ1n) is 9.16. The number of nitrogens with one attached hydrogen (secondary N) is 1. The Morgan fingerprint density at radius 1 is 1.10 bits per heavy atom. The number of allylic oxidation sites excluding steroid dienone is 1. The average Bonchev–Trinajstić information content (AvgIpc) is 3.29. The van der Waals surface area contributed by atoms with E-state index in [-0.39, 0.29) is 0 Å². The van der Waals surface area contributed by atoms with Gasteiger partial charge in [-0.3, -0.25) is 0 Å². The van der Waals surface area contributed by atoms with E-state index in [1.807, 2.05) is 41.8 Å². The molecule has 1 aliphatic heterocycles. The molecular weight excluding hydrogens is 402 g/mol. The van der Waals surface area contributed by atoms with Crippen molar-refractivity contribution >= 4 is 22.6 Å². The fourth-order valence-corrected chi connectivity index (χ4v) is 3.75. The summed E-state index contributed by atoms with van der Waals surface area (Å²) in [5.41, 5.74) is 2.87. The molecule has 0 radical (unpaired) electrons. The van der Waals surface area contributed by atoms with Gasteiger partial charge in [-0.2, -0.15) is 5.26 Å². The third kappa shape index (κ3) is 4.02. The van der Waals surface area contributed by atoms with E-state index in [1.54, 1.807) is 20.4 Å². The lowest BCUT2D eigenvalue weighted by Gasteiger charge is -2.18. The van der Waals surface area contributed by atoms with E-state index in [1.165, 1.54) is 11.3 Å². The summed E-state index contributed by atoms with van der Waals surface area (Å²) < 4.78 is 21.7. The standard InChI is InChI=1S/C22H19N3O4S/c1-26-18-5-3-14(9-20(18)27-2)17-13-30-22(25-17)15(11-23)12-24-16-4-6-19-21(10-16)29-8-7-28-19/h3-6,9-10,12-13,24H,7-8H2,1-2H3. The highest BCUT2D eigenvalue weighted by Crippen LogP contribution is 2.34. The largest absolute Gasteiger partial charge is 0.493 e. The van der Waals surface area contributed by atoms with E-state index < -0.39 is 0 Å². The first-order valence-corrected chi connectivity index (χ1v) is 10.0. The van der Waals surface area contributed by atoms with Gasteiger partial charge in [0.15, 0.2) is 23.0 Å². The second-order valence-electron chi connectivity index (χ2n) is 6.28. The highest BCUT2D eigenvalue weighted by molar-refractivity contribution is 7.11. The van der Waals surface area contributed by atoms with Crippen LogP contribution in [0.5, 0.6) is 23.0 Å². The first kappa shape index (κ1) is 19.6. The topological polar surface area (TPSA) is 85.6 Å². The number of benzene rings is 2. The molecule has 8 heteroatoms. The van der Waals surface area contributed by atoms with Crippen molar-refractivity contribution in [1.29, 1.82) is 5.26 Å². The van der Waals surface area contributed by atoms with Gasteiger partial charge in [-0.05, 0) is 30.3 Å². The monoisotopic (exact) mass is 421 g/mol. The number of hydrogen-bond donors (Lipinski definition) is 1. The summed E-state index contributed by atoms with van der Waals surface area (Å²) >= 11 is 1.40. The molecule has 0 bridgehead atoms. The molecule has 0 saturated carbocycles. The van der Waals surface area contributed by atoms with Crippen molar-refractivity contribution < 1.29 is 18.9 Å². The molecule has 0 saturated heterocycles. The minimum atomic E-state index is 0.432. The SMILES string of the molecule is COc1ccc(-c2csc(C(C#N)=CNc3ccc4c(c3)OCCO4)n2)cc1OC. The van der Waals surface area contributed by atoms with Gasteiger partial charge in [-0.25, -0.2) is 4.98 Å². The molecule has 0 amide bonds. The number of ether oxygens (including phenoxy) is 4. The van der Waals surface area contributed by atoms with Crippen LogP contribution >= 0.6 is 11.3 Å². The molecule has 1 aromatic heterocycles. The molecule has 0 spiro atoms. The van der Waals surface area contributed by atoms with Crippen molar-refractivity contribution in [3.05, 3.63) is 53.0 Å².